The van der Waals surface area contributed by atoms with E-state index < -0.39 is 0 Å². The van der Waals surface area contributed by atoms with Gasteiger partial charge in [0, 0.05) is 36.7 Å². The molecule has 0 N–H and O–H groups in total. The molecule has 32 heavy (non-hydrogen) atoms. The largest absolute Gasteiger partial charge is 0.330 e. The number of benzene rings is 1. The van der Waals surface area contributed by atoms with E-state index in [0.29, 0.717) is 18.7 Å². The summed E-state index contributed by atoms with van der Waals surface area (Å²) in [7, 11) is 0. The lowest BCUT2D eigenvalue weighted by Crippen LogP contribution is -2.37. The van der Waals surface area contributed by atoms with Crippen LogP contribution < -0.4 is 10.5 Å². The molecule has 0 saturated heterocycles. The Morgan fingerprint density at radius 2 is 1.84 bits per heavy atom. The maximum Gasteiger partial charge on any atom is 0.255 e. The topological polar surface area (TPSA) is 75.5 Å². The SMILES string of the molecule is O=C(Cn1cc(C(=O)N(Cc2ccccn2)C2CC2)ccc1=O)N1CCc2ccccc21. The van der Waals surface area contributed by atoms with E-state index in [4.69, 9.17) is 0 Å². The van der Waals surface area contributed by atoms with Crippen LogP contribution in [0.3, 0.4) is 0 Å². The van der Waals surface area contributed by atoms with Gasteiger partial charge in [0.2, 0.25) is 5.91 Å². The van der Waals surface area contributed by atoms with Gasteiger partial charge in [0.25, 0.3) is 11.5 Å². The van der Waals surface area contributed by atoms with Crippen LogP contribution in [-0.4, -0.2) is 38.9 Å². The molecular formula is C25H24N4O3. The van der Waals surface area contributed by atoms with Gasteiger partial charge in [-0.25, -0.2) is 0 Å². The first-order valence-corrected chi connectivity index (χ1v) is 10.9. The maximum absolute atomic E-state index is 13.3. The number of carbonyl (C=O) groups excluding carboxylic acids is 2. The van der Waals surface area contributed by atoms with E-state index in [1.165, 1.54) is 16.8 Å². The average molecular weight is 428 g/mol. The molecule has 2 amide bonds. The van der Waals surface area contributed by atoms with Crippen molar-refractivity contribution < 1.29 is 9.59 Å². The van der Waals surface area contributed by atoms with Crippen molar-refractivity contribution in [2.24, 2.45) is 0 Å². The van der Waals surface area contributed by atoms with E-state index in [0.717, 1.165) is 36.2 Å². The molecule has 7 heteroatoms. The summed E-state index contributed by atoms with van der Waals surface area (Å²) in [6.07, 6.45) is 5.96. The number of fused-ring (bicyclic) bond motifs is 1. The van der Waals surface area contributed by atoms with Gasteiger partial charge in [-0.3, -0.25) is 19.4 Å². The van der Waals surface area contributed by atoms with Crippen molar-refractivity contribution >= 4 is 17.5 Å². The number of rotatable bonds is 6. The van der Waals surface area contributed by atoms with Gasteiger partial charge in [-0.2, -0.15) is 0 Å². The van der Waals surface area contributed by atoms with Crippen LogP contribution >= 0.6 is 0 Å². The molecule has 1 aliphatic carbocycles. The van der Waals surface area contributed by atoms with Crippen LogP contribution in [0.5, 0.6) is 0 Å². The number of nitrogens with zero attached hydrogens (tertiary/aromatic N) is 4. The molecule has 2 aromatic heterocycles. The van der Waals surface area contributed by atoms with Crippen molar-refractivity contribution in [1.29, 1.82) is 0 Å². The minimum Gasteiger partial charge on any atom is -0.330 e. The van der Waals surface area contributed by atoms with Gasteiger partial charge < -0.3 is 14.4 Å². The van der Waals surface area contributed by atoms with Gasteiger partial charge in [-0.1, -0.05) is 24.3 Å². The van der Waals surface area contributed by atoms with Crippen LogP contribution in [0.1, 0.15) is 34.5 Å². The van der Waals surface area contributed by atoms with Crippen LogP contribution in [0.15, 0.2) is 71.8 Å². The number of hydrogen-bond donors (Lipinski definition) is 0. The molecule has 3 aromatic rings. The van der Waals surface area contributed by atoms with Crippen molar-refractivity contribution in [2.45, 2.75) is 38.4 Å². The van der Waals surface area contributed by atoms with E-state index in [9.17, 15) is 14.4 Å². The Kier molecular flexibility index (Phi) is 5.31. The first-order valence-electron chi connectivity index (χ1n) is 10.9. The third-order valence-electron chi connectivity index (χ3n) is 6.03. The quantitative estimate of drug-likeness (QED) is 0.605. The van der Waals surface area contributed by atoms with Gasteiger partial charge in [-0.15, -0.1) is 0 Å². The molecule has 1 aliphatic heterocycles. The molecule has 1 saturated carbocycles. The molecule has 7 nitrogen and oxygen atoms in total. The molecule has 5 rings (SSSR count). The molecule has 0 bridgehead atoms. The summed E-state index contributed by atoms with van der Waals surface area (Å²) in [5, 5.41) is 0. The lowest BCUT2D eigenvalue weighted by Gasteiger charge is -2.23. The lowest BCUT2D eigenvalue weighted by atomic mass is 10.2. The molecule has 1 fully saturated rings. The van der Waals surface area contributed by atoms with E-state index in [-0.39, 0.29) is 30.0 Å². The second-order valence-electron chi connectivity index (χ2n) is 8.29. The first-order chi connectivity index (χ1) is 15.6. The summed E-state index contributed by atoms with van der Waals surface area (Å²) in [6, 6.07) is 16.6. The number of hydrogen-bond acceptors (Lipinski definition) is 4. The summed E-state index contributed by atoms with van der Waals surface area (Å²) in [6.45, 7) is 0.927. The standard InChI is InChI=1S/C25H24N4O3/c30-23-11-8-19(25(32)29(21-9-10-21)16-20-6-3-4-13-26-20)15-27(23)17-24(31)28-14-12-18-5-1-2-7-22(18)28/h1-8,11,13,15,21H,9-10,12,14,16-17H2. The van der Waals surface area contributed by atoms with Gasteiger partial charge in [0.1, 0.15) is 6.54 Å². The van der Waals surface area contributed by atoms with E-state index in [2.05, 4.69) is 4.98 Å². The number of anilines is 1. The first kappa shape index (κ1) is 20.2. The lowest BCUT2D eigenvalue weighted by molar-refractivity contribution is -0.119. The number of amides is 2. The molecule has 162 valence electrons. The highest BCUT2D eigenvalue weighted by molar-refractivity contribution is 5.96. The highest BCUT2D eigenvalue weighted by Crippen LogP contribution is 2.30. The highest BCUT2D eigenvalue weighted by atomic mass is 16.2. The Morgan fingerprint density at radius 3 is 2.62 bits per heavy atom. The number of carbonyl (C=O) groups is 2. The van der Waals surface area contributed by atoms with Crippen molar-refractivity contribution in [1.82, 2.24) is 14.5 Å². The fraction of sp³-hybridized carbons (Fsp3) is 0.280. The van der Waals surface area contributed by atoms with E-state index in [1.807, 2.05) is 47.4 Å². The molecule has 3 heterocycles. The Labute approximate surface area is 185 Å². The molecule has 0 unspecified atom stereocenters. The summed E-state index contributed by atoms with van der Waals surface area (Å²) in [5.74, 6) is -0.306. The Hall–Kier alpha value is -3.74. The minimum atomic E-state index is -0.301. The summed E-state index contributed by atoms with van der Waals surface area (Å²) in [5.41, 5.74) is 2.95. The molecule has 1 aromatic carbocycles. The number of para-hydroxylation sites is 1. The Balaban J connectivity index is 1.36. The van der Waals surface area contributed by atoms with Crippen LogP contribution in [0.4, 0.5) is 5.69 Å². The third-order valence-corrected chi connectivity index (χ3v) is 6.03. The average Bonchev–Trinajstić information content (AvgIpc) is 3.57. The van der Waals surface area contributed by atoms with Gasteiger partial charge in [0.15, 0.2) is 0 Å². The predicted molar refractivity (Wildman–Crippen MR) is 120 cm³/mol. The zero-order valence-corrected chi connectivity index (χ0v) is 17.7. The Morgan fingerprint density at radius 1 is 1.03 bits per heavy atom. The molecular weight excluding hydrogens is 404 g/mol. The van der Waals surface area contributed by atoms with Crippen LogP contribution in [-0.2, 0) is 24.3 Å². The van der Waals surface area contributed by atoms with Gasteiger partial charge in [-0.05, 0) is 49.1 Å². The van der Waals surface area contributed by atoms with E-state index in [1.54, 1.807) is 17.2 Å². The molecule has 0 atom stereocenters. The normalized spacial score (nSPS) is 14.8. The van der Waals surface area contributed by atoms with Crippen LogP contribution in [0.2, 0.25) is 0 Å². The number of pyridine rings is 2. The Bertz CT molecular complexity index is 1220. The van der Waals surface area contributed by atoms with Crippen molar-refractivity contribution in [3.63, 3.8) is 0 Å². The van der Waals surface area contributed by atoms with Crippen molar-refractivity contribution in [3.8, 4) is 0 Å². The number of aromatic nitrogens is 2. The van der Waals surface area contributed by atoms with Gasteiger partial charge in [0.05, 0.1) is 17.8 Å². The monoisotopic (exact) mass is 428 g/mol. The van der Waals surface area contributed by atoms with Crippen LogP contribution in [0.25, 0.3) is 0 Å². The molecule has 0 radical (unpaired) electrons. The fourth-order valence-electron chi connectivity index (χ4n) is 4.19. The van der Waals surface area contributed by atoms with Crippen molar-refractivity contribution in [2.75, 3.05) is 11.4 Å². The zero-order valence-electron chi connectivity index (χ0n) is 17.7. The molecule has 2 aliphatic rings. The zero-order chi connectivity index (χ0) is 22.1. The smallest absolute Gasteiger partial charge is 0.255 e. The second kappa shape index (κ2) is 8.42. The fourth-order valence-corrected chi connectivity index (χ4v) is 4.19. The second-order valence-corrected chi connectivity index (χ2v) is 8.29. The molecule has 0 spiro atoms. The highest BCUT2D eigenvalue weighted by Gasteiger charge is 2.33. The van der Waals surface area contributed by atoms with Crippen molar-refractivity contribution in [3.05, 3.63) is 94.2 Å². The van der Waals surface area contributed by atoms with Crippen LogP contribution in [0, 0.1) is 0 Å². The third kappa shape index (κ3) is 4.06. The maximum atomic E-state index is 13.3. The summed E-state index contributed by atoms with van der Waals surface area (Å²) >= 11 is 0. The summed E-state index contributed by atoms with van der Waals surface area (Å²) < 4.78 is 1.34. The van der Waals surface area contributed by atoms with Gasteiger partial charge >= 0.3 is 0 Å². The summed E-state index contributed by atoms with van der Waals surface area (Å²) in [4.78, 5) is 46.6. The minimum absolute atomic E-state index is 0.0992. The predicted octanol–water partition coefficient (Wildman–Crippen LogP) is 2.64. The van der Waals surface area contributed by atoms with E-state index >= 15 is 0 Å².